The van der Waals surface area contributed by atoms with Crippen molar-refractivity contribution in [3.05, 3.63) is 42.7 Å². The van der Waals surface area contributed by atoms with Crippen LogP contribution in [0.3, 0.4) is 0 Å². The number of rotatable bonds is 8. The molecule has 0 saturated carbocycles. The van der Waals surface area contributed by atoms with Crippen molar-refractivity contribution in [2.45, 2.75) is 18.9 Å². The number of carbonyl (C=O) groups excluding carboxylic acids is 1. The van der Waals surface area contributed by atoms with Crippen LogP contribution in [0.4, 0.5) is 17.3 Å². The molecule has 212 valence electrons. The SMILES string of the molecule is COc1nc(Nc2cc(-c3ccc(OC4CCN(C(=O)CO)CC4)c(O)c3)ncn2)ccc1N1CCN(C)CC1. The van der Waals surface area contributed by atoms with Gasteiger partial charge in [0.25, 0.3) is 0 Å². The molecular weight excluding hydrogens is 514 g/mol. The Kier molecular flexibility index (Phi) is 8.46. The standard InChI is InChI=1S/C28H35N7O5/c1-33-11-13-34(14-12-33)22-4-6-25(32-28(22)39-2)31-26-16-21(29-18-30-26)19-3-5-24(23(37)15-19)40-20-7-9-35(10-8-20)27(38)17-36/h3-6,15-16,18,20,36-37H,7-14,17H2,1-2H3,(H,29,30,31,32). The summed E-state index contributed by atoms with van der Waals surface area (Å²) in [5.74, 6) is 1.80. The Morgan fingerprint density at radius 2 is 1.80 bits per heavy atom. The number of piperazine rings is 1. The van der Waals surface area contributed by atoms with Gasteiger partial charge in [0, 0.05) is 63.7 Å². The van der Waals surface area contributed by atoms with Gasteiger partial charge in [-0.05, 0) is 37.4 Å². The predicted molar refractivity (Wildman–Crippen MR) is 150 cm³/mol. The van der Waals surface area contributed by atoms with Gasteiger partial charge in [0.05, 0.1) is 12.8 Å². The van der Waals surface area contributed by atoms with Crippen LogP contribution in [0.1, 0.15) is 12.8 Å². The number of anilines is 3. The van der Waals surface area contributed by atoms with Crippen molar-refractivity contribution in [3.63, 3.8) is 0 Å². The Morgan fingerprint density at radius 1 is 1.02 bits per heavy atom. The summed E-state index contributed by atoms with van der Waals surface area (Å²) in [6, 6.07) is 10.9. The van der Waals surface area contributed by atoms with Gasteiger partial charge in [-0.1, -0.05) is 0 Å². The van der Waals surface area contributed by atoms with Gasteiger partial charge in [0.15, 0.2) is 11.5 Å². The second kappa shape index (κ2) is 12.3. The number of aliphatic hydroxyl groups excluding tert-OH is 1. The molecule has 2 saturated heterocycles. The van der Waals surface area contributed by atoms with E-state index in [-0.39, 0.29) is 17.8 Å². The normalized spacial score (nSPS) is 16.6. The lowest BCUT2D eigenvalue weighted by Crippen LogP contribution is -2.44. The zero-order chi connectivity index (χ0) is 28.1. The molecule has 1 aromatic carbocycles. The summed E-state index contributed by atoms with van der Waals surface area (Å²) in [7, 11) is 3.74. The second-order valence-electron chi connectivity index (χ2n) is 9.97. The fourth-order valence-corrected chi connectivity index (χ4v) is 4.93. The van der Waals surface area contributed by atoms with Gasteiger partial charge in [-0.3, -0.25) is 4.79 Å². The number of hydrogen-bond donors (Lipinski definition) is 3. The number of methoxy groups -OCH3 is 1. The monoisotopic (exact) mass is 549 g/mol. The largest absolute Gasteiger partial charge is 0.504 e. The molecule has 0 unspecified atom stereocenters. The predicted octanol–water partition coefficient (Wildman–Crippen LogP) is 2.11. The molecule has 0 spiro atoms. The van der Waals surface area contributed by atoms with Crippen molar-refractivity contribution in [1.29, 1.82) is 0 Å². The number of aromatic nitrogens is 3. The van der Waals surface area contributed by atoms with Crippen LogP contribution in [0, 0.1) is 0 Å². The topological polar surface area (TPSA) is 136 Å². The molecule has 40 heavy (non-hydrogen) atoms. The number of piperidine rings is 1. The van der Waals surface area contributed by atoms with E-state index in [1.165, 1.54) is 6.33 Å². The highest BCUT2D eigenvalue weighted by atomic mass is 16.5. The van der Waals surface area contributed by atoms with Crippen LogP contribution < -0.4 is 19.7 Å². The summed E-state index contributed by atoms with van der Waals surface area (Å²) in [5, 5.41) is 22.9. The van der Waals surface area contributed by atoms with Crippen LogP contribution in [0.5, 0.6) is 17.4 Å². The lowest BCUT2D eigenvalue weighted by atomic mass is 10.1. The first-order valence-electron chi connectivity index (χ1n) is 13.4. The van der Waals surface area contributed by atoms with E-state index in [2.05, 4.69) is 37.1 Å². The van der Waals surface area contributed by atoms with E-state index in [0.29, 0.717) is 60.5 Å². The number of likely N-dealkylation sites (N-methyl/N-ethyl adjacent to an activating group) is 1. The molecule has 2 fully saturated rings. The number of nitrogens with one attached hydrogen (secondary N) is 1. The summed E-state index contributed by atoms with van der Waals surface area (Å²) in [6.45, 7) is 4.35. The third kappa shape index (κ3) is 6.35. The summed E-state index contributed by atoms with van der Waals surface area (Å²) in [6.07, 6.45) is 2.59. The fraction of sp³-hybridized carbons (Fsp3) is 0.429. The number of carbonyl (C=O) groups is 1. The lowest BCUT2D eigenvalue weighted by molar-refractivity contribution is -0.135. The third-order valence-electron chi connectivity index (χ3n) is 7.28. The first-order valence-corrected chi connectivity index (χ1v) is 13.4. The Hall–Kier alpha value is -4.16. The lowest BCUT2D eigenvalue weighted by Gasteiger charge is -2.34. The first kappa shape index (κ1) is 27.4. The number of phenolic OH excluding ortho intramolecular Hbond substituents is 1. The van der Waals surface area contributed by atoms with E-state index < -0.39 is 6.61 Å². The van der Waals surface area contributed by atoms with Gasteiger partial charge in [0.2, 0.25) is 11.8 Å². The van der Waals surface area contributed by atoms with Crippen molar-refractivity contribution >= 4 is 23.2 Å². The summed E-state index contributed by atoms with van der Waals surface area (Å²) in [5.41, 5.74) is 2.29. The molecule has 5 rings (SSSR count). The smallest absolute Gasteiger partial charge is 0.248 e. The number of phenols is 1. The third-order valence-corrected chi connectivity index (χ3v) is 7.28. The molecule has 0 aliphatic carbocycles. The van der Waals surface area contributed by atoms with Gasteiger partial charge in [-0.2, -0.15) is 4.98 Å². The van der Waals surface area contributed by atoms with Crippen molar-refractivity contribution in [3.8, 4) is 28.6 Å². The number of likely N-dealkylation sites (tertiary alicyclic amines) is 1. The zero-order valence-corrected chi connectivity index (χ0v) is 22.8. The molecule has 12 heteroatoms. The molecule has 0 radical (unpaired) electrons. The highest BCUT2D eigenvalue weighted by Crippen LogP contribution is 2.34. The minimum absolute atomic E-state index is 0.00499. The maximum absolute atomic E-state index is 11.7. The highest BCUT2D eigenvalue weighted by Gasteiger charge is 2.24. The average Bonchev–Trinajstić information content (AvgIpc) is 2.98. The maximum Gasteiger partial charge on any atom is 0.248 e. The zero-order valence-electron chi connectivity index (χ0n) is 22.8. The van der Waals surface area contributed by atoms with E-state index in [4.69, 9.17) is 14.6 Å². The Balaban J connectivity index is 1.24. The number of pyridine rings is 1. The number of nitrogens with zero attached hydrogens (tertiary/aromatic N) is 6. The van der Waals surface area contributed by atoms with E-state index in [0.717, 1.165) is 31.9 Å². The van der Waals surface area contributed by atoms with Gasteiger partial charge in [-0.25, -0.2) is 9.97 Å². The number of aliphatic hydroxyl groups is 1. The number of benzene rings is 1. The first-order chi connectivity index (χ1) is 19.4. The Bertz CT molecular complexity index is 1320. The van der Waals surface area contributed by atoms with Crippen molar-refractivity contribution in [2.24, 2.45) is 0 Å². The van der Waals surface area contributed by atoms with Crippen LogP contribution in [-0.2, 0) is 4.79 Å². The van der Waals surface area contributed by atoms with Gasteiger partial charge >= 0.3 is 0 Å². The quantitative estimate of drug-likeness (QED) is 0.381. The van der Waals surface area contributed by atoms with Crippen LogP contribution in [0.25, 0.3) is 11.3 Å². The molecule has 0 bridgehead atoms. The molecule has 12 nitrogen and oxygen atoms in total. The van der Waals surface area contributed by atoms with Crippen LogP contribution in [0.15, 0.2) is 42.7 Å². The average molecular weight is 550 g/mol. The summed E-state index contributed by atoms with van der Waals surface area (Å²) >= 11 is 0. The number of hydrogen-bond acceptors (Lipinski definition) is 11. The molecule has 1 amide bonds. The summed E-state index contributed by atoms with van der Waals surface area (Å²) in [4.78, 5) is 31.2. The molecule has 3 N–H and O–H groups in total. The molecule has 2 aliphatic heterocycles. The molecule has 4 heterocycles. The van der Waals surface area contributed by atoms with Crippen LogP contribution in [-0.4, -0.2) is 107 Å². The highest BCUT2D eigenvalue weighted by molar-refractivity contribution is 5.77. The van der Waals surface area contributed by atoms with Crippen molar-refractivity contribution in [2.75, 3.05) is 70.2 Å². The van der Waals surface area contributed by atoms with E-state index in [1.807, 2.05) is 18.2 Å². The number of ether oxygens (including phenoxy) is 2. The second-order valence-corrected chi connectivity index (χ2v) is 9.97. The molecule has 2 aromatic heterocycles. The van der Waals surface area contributed by atoms with E-state index in [1.54, 1.807) is 30.2 Å². The van der Waals surface area contributed by atoms with Gasteiger partial charge < -0.3 is 39.7 Å². The Labute approximate surface area is 233 Å². The van der Waals surface area contributed by atoms with Gasteiger partial charge in [-0.15, -0.1) is 0 Å². The van der Waals surface area contributed by atoms with E-state index >= 15 is 0 Å². The van der Waals surface area contributed by atoms with Gasteiger partial charge in [0.1, 0.15) is 36.4 Å². The summed E-state index contributed by atoms with van der Waals surface area (Å²) < 4.78 is 11.6. The molecule has 2 aliphatic rings. The Morgan fingerprint density at radius 3 is 2.50 bits per heavy atom. The van der Waals surface area contributed by atoms with Crippen molar-refractivity contribution in [1.82, 2.24) is 24.8 Å². The number of amides is 1. The van der Waals surface area contributed by atoms with Crippen LogP contribution in [0.2, 0.25) is 0 Å². The fourth-order valence-electron chi connectivity index (χ4n) is 4.93. The van der Waals surface area contributed by atoms with E-state index in [9.17, 15) is 9.90 Å². The molecule has 3 aromatic rings. The number of aromatic hydroxyl groups is 1. The molecular formula is C28H35N7O5. The molecule has 0 atom stereocenters. The van der Waals surface area contributed by atoms with Crippen LogP contribution >= 0.6 is 0 Å². The van der Waals surface area contributed by atoms with Crippen molar-refractivity contribution < 1.29 is 24.5 Å². The minimum atomic E-state index is -0.484. The minimum Gasteiger partial charge on any atom is -0.504 e. The maximum atomic E-state index is 11.7.